The molecule has 2 N–H and O–H groups in total. The summed E-state index contributed by atoms with van der Waals surface area (Å²) < 4.78 is 6.18. The molecule has 2 aromatic carbocycles. The highest BCUT2D eigenvalue weighted by Crippen LogP contribution is 2.22. The van der Waals surface area contributed by atoms with E-state index >= 15 is 0 Å². The number of benzene rings is 2. The van der Waals surface area contributed by atoms with Crippen LogP contribution in [0.15, 0.2) is 58.5 Å². The van der Waals surface area contributed by atoms with E-state index in [0.717, 1.165) is 37.4 Å². The first-order valence-corrected chi connectivity index (χ1v) is 12.4. The average Bonchev–Trinajstić information content (AvgIpc) is 2.87. The van der Waals surface area contributed by atoms with Gasteiger partial charge in [0.1, 0.15) is 0 Å². The number of esters is 1. The molecule has 1 saturated carbocycles. The van der Waals surface area contributed by atoms with Gasteiger partial charge in [-0.3, -0.25) is 19.5 Å². The Bertz CT molecular complexity index is 1300. The van der Waals surface area contributed by atoms with Gasteiger partial charge in [-0.15, -0.1) is 0 Å². The van der Waals surface area contributed by atoms with E-state index in [1.54, 1.807) is 24.3 Å². The zero-order valence-corrected chi connectivity index (χ0v) is 20.1. The van der Waals surface area contributed by atoms with E-state index in [1.165, 1.54) is 36.3 Å². The summed E-state index contributed by atoms with van der Waals surface area (Å²) in [5, 5.41) is 5.78. The summed E-state index contributed by atoms with van der Waals surface area (Å²) >= 11 is 1.03. The Balaban J connectivity index is 1.58. The minimum atomic E-state index is -0.543. The number of nitrogens with one attached hydrogen (secondary N) is 2. The fourth-order valence-electron chi connectivity index (χ4n) is 4.07. The average molecular weight is 495 g/mol. The Kier molecular flexibility index (Phi) is 7.81. The summed E-state index contributed by atoms with van der Waals surface area (Å²) in [7, 11) is 1.28. The molecule has 0 aliphatic heterocycles. The van der Waals surface area contributed by atoms with E-state index in [0.29, 0.717) is 16.6 Å². The van der Waals surface area contributed by atoms with Crippen molar-refractivity contribution in [2.45, 2.75) is 43.3 Å². The third kappa shape index (κ3) is 5.89. The van der Waals surface area contributed by atoms with Gasteiger partial charge in [-0.05, 0) is 43.2 Å². The lowest BCUT2D eigenvalue weighted by Gasteiger charge is -2.22. The standard InChI is InChI=1S/C25H26N4O5S/c1-34-23(32)16-12-13-19-20(14-16)27-25(29(22(19)31)18-10-6-3-7-11-18)35-15-21(30)28-24(33)26-17-8-4-2-5-9-17/h3,6-7,10-14,17H,2,4-5,8-9,15H2,1H3,(H2,26,28,30,33). The molecule has 0 bridgehead atoms. The number of amides is 3. The molecule has 1 fully saturated rings. The number of ether oxygens (including phenoxy) is 1. The van der Waals surface area contributed by atoms with Crippen molar-refractivity contribution in [3.8, 4) is 5.69 Å². The van der Waals surface area contributed by atoms with Crippen molar-refractivity contribution in [2.75, 3.05) is 12.9 Å². The van der Waals surface area contributed by atoms with Crippen molar-refractivity contribution in [3.05, 3.63) is 64.4 Å². The number of rotatable bonds is 6. The van der Waals surface area contributed by atoms with E-state index in [1.807, 2.05) is 6.07 Å². The molecule has 0 unspecified atom stereocenters. The Morgan fingerprint density at radius 1 is 1.09 bits per heavy atom. The summed E-state index contributed by atoms with van der Waals surface area (Å²) in [6.45, 7) is 0. The van der Waals surface area contributed by atoms with Gasteiger partial charge >= 0.3 is 12.0 Å². The van der Waals surface area contributed by atoms with Gasteiger partial charge in [-0.25, -0.2) is 14.6 Å². The molecule has 3 amide bonds. The van der Waals surface area contributed by atoms with Gasteiger partial charge in [-0.2, -0.15) is 0 Å². The van der Waals surface area contributed by atoms with Crippen molar-refractivity contribution in [3.63, 3.8) is 0 Å². The maximum Gasteiger partial charge on any atom is 0.337 e. The molecule has 4 rings (SSSR count). The van der Waals surface area contributed by atoms with Crippen LogP contribution in [0.5, 0.6) is 0 Å². The normalized spacial score (nSPS) is 13.9. The Morgan fingerprint density at radius 2 is 1.83 bits per heavy atom. The first kappa shape index (κ1) is 24.5. The monoisotopic (exact) mass is 494 g/mol. The number of methoxy groups -OCH3 is 1. The van der Waals surface area contributed by atoms with Gasteiger partial charge in [0.05, 0.1) is 35.0 Å². The molecule has 10 heteroatoms. The summed E-state index contributed by atoms with van der Waals surface area (Å²) in [6, 6.07) is 13.0. The second kappa shape index (κ2) is 11.2. The smallest absolute Gasteiger partial charge is 0.337 e. The third-order valence-electron chi connectivity index (χ3n) is 5.80. The predicted molar refractivity (Wildman–Crippen MR) is 133 cm³/mol. The summed E-state index contributed by atoms with van der Waals surface area (Å²) in [5.41, 5.74) is 0.818. The van der Waals surface area contributed by atoms with E-state index < -0.39 is 17.9 Å². The minimum Gasteiger partial charge on any atom is -0.465 e. The van der Waals surface area contributed by atoms with Crippen LogP contribution >= 0.6 is 11.8 Å². The molecule has 3 aromatic rings. The fourth-order valence-corrected chi connectivity index (χ4v) is 4.89. The van der Waals surface area contributed by atoms with Gasteiger partial charge in [0, 0.05) is 6.04 Å². The number of carbonyl (C=O) groups is 3. The minimum absolute atomic E-state index is 0.0821. The topological polar surface area (TPSA) is 119 Å². The largest absolute Gasteiger partial charge is 0.465 e. The van der Waals surface area contributed by atoms with Crippen LogP contribution in [0.3, 0.4) is 0 Å². The number of para-hydroxylation sites is 1. The van der Waals surface area contributed by atoms with Crippen molar-refractivity contribution < 1.29 is 19.1 Å². The van der Waals surface area contributed by atoms with Crippen LogP contribution in [-0.4, -0.2) is 46.4 Å². The fraction of sp³-hybridized carbons (Fsp3) is 0.320. The molecule has 0 spiro atoms. The third-order valence-corrected chi connectivity index (χ3v) is 6.74. The Hall–Kier alpha value is -3.66. The van der Waals surface area contributed by atoms with Crippen LogP contribution in [0, 0.1) is 0 Å². The maximum atomic E-state index is 13.4. The first-order chi connectivity index (χ1) is 17.0. The number of hydrogen-bond acceptors (Lipinski definition) is 7. The first-order valence-electron chi connectivity index (χ1n) is 11.4. The molecule has 1 heterocycles. The van der Waals surface area contributed by atoms with Gasteiger partial charge in [0.2, 0.25) is 5.91 Å². The summed E-state index contributed by atoms with van der Waals surface area (Å²) in [6.07, 6.45) is 5.12. The number of thioether (sulfide) groups is 1. The van der Waals surface area contributed by atoms with Crippen LogP contribution in [0.25, 0.3) is 16.6 Å². The summed E-state index contributed by atoms with van der Waals surface area (Å²) in [4.78, 5) is 54.6. The molecule has 1 aliphatic carbocycles. The van der Waals surface area contributed by atoms with Crippen molar-refractivity contribution in [1.82, 2.24) is 20.2 Å². The number of urea groups is 1. The van der Waals surface area contributed by atoms with Crippen LogP contribution < -0.4 is 16.2 Å². The van der Waals surface area contributed by atoms with Gasteiger partial charge in [-0.1, -0.05) is 49.2 Å². The number of aromatic nitrogens is 2. The quantitative estimate of drug-likeness (QED) is 0.306. The van der Waals surface area contributed by atoms with Gasteiger partial charge < -0.3 is 10.1 Å². The van der Waals surface area contributed by atoms with Crippen LogP contribution in [0.2, 0.25) is 0 Å². The lowest BCUT2D eigenvalue weighted by molar-refractivity contribution is -0.117. The molecule has 35 heavy (non-hydrogen) atoms. The van der Waals surface area contributed by atoms with Crippen molar-refractivity contribution >= 4 is 40.6 Å². The second-order valence-electron chi connectivity index (χ2n) is 8.24. The van der Waals surface area contributed by atoms with E-state index in [9.17, 15) is 19.2 Å². The Labute approximate surface area is 206 Å². The molecular weight excluding hydrogens is 468 g/mol. The molecule has 1 aliphatic rings. The number of hydrogen-bond donors (Lipinski definition) is 2. The molecule has 0 atom stereocenters. The number of fused-ring (bicyclic) bond motifs is 1. The van der Waals surface area contributed by atoms with E-state index in [-0.39, 0.29) is 28.1 Å². The number of nitrogens with zero attached hydrogens (tertiary/aromatic N) is 2. The van der Waals surface area contributed by atoms with Crippen molar-refractivity contribution in [2.24, 2.45) is 0 Å². The highest BCUT2D eigenvalue weighted by atomic mass is 32.2. The van der Waals surface area contributed by atoms with Crippen LogP contribution in [0.4, 0.5) is 4.79 Å². The molecule has 0 saturated heterocycles. The zero-order valence-electron chi connectivity index (χ0n) is 19.3. The van der Waals surface area contributed by atoms with Crippen LogP contribution in [-0.2, 0) is 9.53 Å². The van der Waals surface area contributed by atoms with Gasteiger partial charge in [0.15, 0.2) is 5.16 Å². The van der Waals surface area contributed by atoms with E-state index in [2.05, 4.69) is 15.6 Å². The molecule has 1 aromatic heterocycles. The molecular formula is C25H26N4O5S. The highest BCUT2D eigenvalue weighted by molar-refractivity contribution is 7.99. The molecule has 182 valence electrons. The molecule has 9 nitrogen and oxygen atoms in total. The van der Waals surface area contributed by atoms with Crippen LogP contribution in [0.1, 0.15) is 42.5 Å². The maximum absolute atomic E-state index is 13.4. The van der Waals surface area contributed by atoms with Crippen molar-refractivity contribution in [1.29, 1.82) is 0 Å². The lowest BCUT2D eigenvalue weighted by Crippen LogP contribution is -2.45. The predicted octanol–water partition coefficient (Wildman–Crippen LogP) is 3.42. The Morgan fingerprint density at radius 3 is 2.54 bits per heavy atom. The van der Waals surface area contributed by atoms with E-state index in [4.69, 9.17) is 4.74 Å². The SMILES string of the molecule is COC(=O)c1ccc2c(=O)n(-c3ccccc3)c(SCC(=O)NC(=O)NC3CCCCC3)nc2c1. The second-order valence-corrected chi connectivity index (χ2v) is 9.18. The zero-order chi connectivity index (χ0) is 24.8. The lowest BCUT2D eigenvalue weighted by atomic mass is 9.96. The number of carbonyl (C=O) groups excluding carboxylic acids is 3. The summed E-state index contributed by atoms with van der Waals surface area (Å²) in [5.74, 6) is -1.17. The van der Waals surface area contributed by atoms with Gasteiger partial charge in [0.25, 0.3) is 5.56 Å². The molecule has 0 radical (unpaired) electrons. The highest BCUT2D eigenvalue weighted by Gasteiger charge is 2.19. The number of imide groups is 1.